The van der Waals surface area contributed by atoms with E-state index in [1.807, 2.05) is 36.8 Å². The number of imidazole rings is 1. The highest BCUT2D eigenvalue weighted by Crippen LogP contribution is 2.34. The van der Waals surface area contributed by atoms with Crippen LogP contribution in [0.25, 0.3) is 5.69 Å². The summed E-state index contributed by atoms with van der Waals surface area (Å²) < 4.78 is 2.07. The van der Waals surface area contributed by atoms with E-state index in [1.165, 1.54) is 5.69 Å². The van der Waals surface area contributed by atoms with Gasteiger partial charge in [-0.3, -0.25) is 0 Å². The quantitative estimate of drug-likeness (QED) is 0.908. The Balaban J connectivity index is 2.09. The minimum absolute atomic E-state index is 0.115. The highest BCUT2D eigenvalue weighted by molar-refractivity contribution is 5.50. The molecule has 1 aromatic carbocycles. The molecule has 1 saturated heterocycles. The Bertz CT molecular complexity index is 644. The van der Waals surface area contributed by atoms with E-state index in [1.54, 1.807) is 0 Å². The van der Waals surface area contributed by atoms with Gasteiger partial charge in [-0.2, -0.15) is 5.26 Å². The van der Waals surface area contributed by atoms with E-state index in [0.29, 0.717) is 5.56 Å². The molecule has 102 valence electrons. The summed E-state index contributed by atoms with van der Waals surface area (Å²) in [7, 11) is 0. The smallest absolute Gasteiger partial charge is 0.101 e. The third-order valence-electron chi connectivity index (χ3n) is 4.25. The van der Waals surface area contributed by atoms with Crippen molar-refractivity contribution in [2.45, 2.75) is 25.2 Å². The Morgan fingerprint density at radius 1 is 1.30 bits per heavy atom. The van der Waals surface area contributed by atoms with Crippen LogP contribution in [-0.4, -0.2) is 22.6 Å². The number of rotatable bonds is 2. The van der Waals surface area contributed by atoms with Crippen molar-refractivity contribution < 1.29 is 0 Å². The first-order valence-electron chi connectivity index (χ1n) is 6.98. The minimum atomic E-state index is 0.115. The van der Waals surface area contributed by atoms with Crippen molar-refractivity contribution in [3.05, 3.63) is 48.0 Å². The molecule has 0 amide bonds. The van der Waals surface area contributed by atoms with Crippen LogP contribution >= 0.6 is 0 Å². The molecule has 4 nitrogen and oxygen atoms in total. The first-order chi connectivity index (χ1) is 9.74. The van der Waals surface area contributed by atoms with Gasteiger partial charge in [-0.05, 0) is 38.1 Å². The molecule has 0 bridgehead atoms. The maximum atomic E-state index is 9.29. The highest BCUT2D eigenvalue weighted by Gasteiger charge is 2.32. The number of aromatic nitrogens is 2. The second kappa shape index (κ2) is 5.10. The molecule has 2 aromatic rings. The molecule has 0 saturated carbocycles. The van der Waals surface area contributed by atoms with E-state index >= 15 is 0 Å². The Labute approximate surface area is 119 Å². The topological polar surface area (TPSA) is 53.6 Å². The molecule has 0 unspecified atom stereocenters. The largest absolute Gasteiger partial charge is 0.317 e. The molecule has 0 aliphatic carbocycles. The molecular weight excluding hydrogens is 248 g/mol. The van der Waals surface area contributed by atoms with Crippen LogP contribution in [-0.2, 0) is 5.41 Å². The van der Waals surface area contributed by atoms with Crippen LogP contribution in [0.3, 0.4) is 0 Å². The maximum Gasteiger partial charge on any atom is 0.101 e. The van der Waals surface area contributed by atoms with Gasteiger partial charge in [0.25, 0.3) is 0 Å². The van der Waals surface area contributed by atoms with Crippen molar-refractivity contribution >= 4 is 0 Å². The summed E-state index contributed by atoms with van der Waals surface area (Å²) in [6.45, 7) is 4.35. The van der Waals surface area contributed by atoms with Gasteiger partial charge in [0.1, 0.15) is 6.07 Å². The number of hydrogen-bond donors (Lipinski definition) is 1. The molecular formula is C16H18N4. The predicted molar refractivity (Wildman–Crippen MR) is 77.7 cm³/mol. The van der Waals surface area contributed by atoms with Gasteiger partial charge in [0.05, 0.1) is 17.6 Å². The fourth-order valence-electron chi connectivity index (χ4n) is 2.95. The lowest BCUT2D eigenvalue weighted by molar-refractivity contribution is 0.324. The van der Waals surface area contributed by atoms with Crippen LogP contribution in [0.1, 0.15) is 31.0 Å². The Kier molecular flexibility index (Phi) is 3.29. The molecule has 2 heterocycles. The first-order valence-corrected chi connectivity index (χ1v) is 6.98. The van der Waals surface area contributed by atoms with Crippen LogP contribution in [0.4, 0.5) is 0 Å². The summed E-state index contributed by atoms with van der Waals surface area (Å²) in [4.78, 5) is 4.33. The van der Waals surface area contributed by atoms with Gasteiger partial charge >= 0.3 is 0 Å². The van der Waals surface area contributed by atoms with Gasteiger partial charge < -0.3 is 9.88 Å². The number of nitrogens with one attached hydrogen (secondary N) is 1. The van der Waals surface area contributed by atoms with Crippen molar-refractivity contribution in [1.29, 1.82) is 5.26 Å². The van der Waals surface area contributed by atoms with E-state index in [2.05, 4.69) is 27.9 Å². The van der Waals surface area contributed by atoms with Gasteiger partial charge in [0.15, 0.2) is 0 Å². The van der Waals surface area contributed by atoms with Gasteiger partial charge in [0.2, 0.25) is 0 Å². The zero-order valence-corrected chi connectivity index (χ0v) is 11.6. The predicted octanol–water partition coefficient (Wildman–Crippen LogP) is 2.39. The number of nitriles is 1. The molecule has 1 aromatic heterocycles. The standard InChI is InChI=1S/C16H18N4/c1-16(6-8-18-9-7-16)15-11-19-12-20(15)14-5-3-2-4-13(14)10-17/h2-5,11-12,18H,6-9H2,1H3. The zero-order valence-electron chi connectivity index (χ0n) is 11.6. The van der Waals surface area contributed by atoms with E-state index in [0.717, 1.165) is 31.6 Å². The summed E-state index contributed by atoms with van der Waals surface area (Å²) in [5.41, 5.74) is 2.91. The van der Waals surface area contributed by atoms with E-state index in [9.17, 15) is 5.26 Å². The van der Waals surface area contributed by atoms with Crippen molar-refractivity contribution in [3.8, 4) is 11.8 Å². The summed E-state index contributed by atoms with van der Waals surface area (Å²) in [5.74, 6) is 0. The molecule has 1 N–H and O–H groups in total. The summed E-state index contributed by atoms with van der Waals surface area (Å²) in [5, 5.41) is 12.7. The van der Waals surface area contributed by atoms with Crippen molar-refractivity contribution in [2.75, 3.05) is 13.1 Å². The minimum Gasteiger partial charge on any atom is -0.317 e. The lowest BCUT2D eigenvalue weighted by Gasteiger charge is -2.34. The molecule has 20 heavy (non-hydrogen) atoms. The normalized spacial score (nSPS) is 17.6. The number of hydrogen-bond acceptors (Lipinski definition) is 3. The average Bonchev–Trinajstić information content (AvgIpc) is 2.98. The van der Waals surface area contributed by atoms with Crippen LogP contribution < -0.4 is 5.32 Å². The van der Waals surface area contributed by atoms with Gasteiger partial charge in [-0.15, -0.1) is 0 Å². The van der Waals surface area contributed by atoms with Crippen LogP contribution in [0, 0.1) is 11.3 Å². The van der Waals surface area contributed by atoms with Crippen LogP contribution in [0.5, 0.6) is 0 Å². The maximum absolute atomic E-state index is 9.29. The SMILES string of the molecule is CC1(c2cncn2-c2ccccc2C#N)CCNCC1. The molecule has 1 fully saturated rings. The lowest BCUT2D eigenvalue weighted by Crippen LogP contribution is -2.38. The molecule has 1 aliphatic rings. The number of benzene rings is 1. The van der Waals surface area contributed by atoms with Crippen LogP contribution in [0.2, 0.25) is 0 Å². The Morgan fingerprint density at radius 3 is 2.80 bits per heavy atom. The average molecular weight is 266 g/mol. The Hall–Kier alpha value is -2.12. The molecule has 1 aliphatic heterocycles. The van der Waals surface area contributed by atoms with E-state index in [4.69, 9.17) is 0 Å². The van der Waals surface area contributed by atoms with Crippen molar-refractivity contribution in [2.24, 2.45) is 0 Å². The summed E-state index contributed by atoms with van der Waals surface area (Å²) >= 11 is 0. The fraction of sp³-hybridized carbons (Fsp3) is 0.375. The molecule has 3 rings (SSSR count). The third kappa shape index (κ3) is 2.10. The summed E-state index contributed by atoms with van der Waals surface area (Å²) in [6, 6.07) is 9.95. The lowest BCUT2D eigenvalue weighted by atomic mass is 9.78. The molecule has 0 spiro atoms. The van der Waals surface area contributed by atoms with Crippen molar-refractivity contribution in [1.82, 2.24) is 14.9 Å². The second-order valence-corrected chi connectivity index (χ2v) is 5.59. The number of nitrogens with zero attached hydrogens (tertiary/aromatic N) is 3. The summed E-state index contributed by atoms with van der Waals surface area (Å²) in [6.07, 6.45) is 5.94. The third-order valence-corrected chi connectivity index (χ3v) is 4.25. The van der Waals surface area contributed by atoms with Crippen LogP contribution in [0.15, 0.2) is 36.8 Å². The van der Waals surface area contributed by atoms with Crippen molar-refractivity contribution in [3.63, 3.8) is 0 Å². The molecule has 0 atom stereocenters. The van der Waals surface area contributed by atoms with E-state index < -0.39 is 0 Å². The molecule has 0 radical (unpaired) electrons. The molecule has 4 heteroatoms. The Morgan fingerprint density at radius 2 is 2.05 bits per heavy atom. The second-order valence-electron chi connectivity index (χ2n) is 5.59. The number of para-hydroxylation sites is 1. The van der Waals surface area contributed by atoms with Gasteiger partial charge in [-0.25, -0.2) is 4.98 Å². The zero-order chi connectivity index (χ0) is 14.0. The first kappa shape index (κ1) is 12.9. The fourth-order valence-corrected chi connectivity index (χ4v) is 2.95. The number of piperidine rings is 1. The van der Waals surface area contributed by atoms with Gasteiger partial charge in [-0.1, -0.05) is 19.1 Å². The monoisotopic (exact) mass is 266 g/mol. The highest BCUT2D eigenvalue weighted by atomic mass is 15.1. The van der Waals surface area contributed by atoms with Gasteiger partial charge in [0, 0.05) is 17.3 Å². The van der Waals surface area contributed by atoms with E-state index in [-0.39, 0.29) is 5.41 Å².